The number of carbonyl (C=O) groups is 1. The Morgan fingerprint density at radius 2 is 2.19 bits per heavy atom. The third-order valence-corrected chi connectivity index (χ3v) is 5.53. The maximum atomic E-state index is 13.0. The highest BCUT2D eigenvalue weighted by molar-refractivity contribution is 7.16. The van der Waals surface area contributed by atoms with E-state index in [9.17, 15) is 9.18 Å². The maximum absolute atomic E-state index is 13.0. The van der Waals surface area contributed by atoms with Crippen LogP contribution in [-0.2, 0) is 4.79 Å². The minimum absolute atomic E-state index is 0.300. The van der Waals surface area contributed by atoms with Crippen molar-refractivity contribution in [2.75, 3.05) is 5.32 Å². The number of nitrogens with one attached hydrogen (secondary N) is 1. The molecule has 3 heterocycles. The number of aryl methyl sites for hydroxylation is 1. The number of hydrogen-bond acceptors (Lipinski definition) is 4. The van der Waals surface area contributed by atoms with Gasteiger partial charge in [-0.3, -0.25) is 4.79 Å². The molecule has 130 valence electrons. The number of alkyl halides is 1. The number of thiazole rings is 1. The van der Waals surface area contributed by atoms with Gasteiger partial charge in [0.05, 0.1) is 27.8 Å². The Morgan fingerprint density at radius 3 is 3.00 bits per heavy atom. The van der Waals surface area contributed by atoms with E-state index in [0.29, 0.717) is 12.2 Å². The summed E-state index contributed by atoms with van der Waals surface area (Å²) in [5, 5.41) is 2.70. The van der Waals surface area contributed by atoms with Crippen LogP contribution < -0.4 is 5.32 Å². The molecule has 4 aromatic rings. The molecule has 0 radical (unpaired) electrons. The summed E-state index contributed by atoms with van der Waals surface area (Å²) in [4.78, 5) is 20.7. The van der Waals surface area contributed by atoms with Crippen LogP contribution in [0.1, 0.15) is 12.0 Å². The van der Waals surface area contributed by atoms with Crippen LogP contribution in [0.4, 0.5) is 10.2 Å². The second-order valence-corrected chi connectivity index (χ2v) is 7.53. The van der Waals surface area contributed by atoms with Gasteiger partial charge in [-0.25, -0.2) is 14.4 Å². The topological polar surface area (TPSA) is 59.3 Å². The standard InChI is InChI=1S/C19H15FN4OS/c1-10-4-16-15(21-9-26-16)6-12(10)11-2-3-18-22-17(8-24(18)7-11)23-19(25)13-5-14(13)20/h2-4,6-9,13-14H,5H2,1H3,(H,23,25). The number of halogens is 1. The van der Waals surface area contributed by atoms with E-state index >= 15 is 0 Å². The largest absolute Gasteiger partial charge is 0.309 e. The third kappa shape index (κ3) is 2.55. The van der Waals surface area contributed by atoms with E-state index in [1.165, 1.54) is 10.3 Å². The fraction of sp³-hybridized carbons (Fsp3) is 0.211. The Labute approximate surface area is 152 Å². The number of rotatable bonds is 3. The minimum Gasteiger partial charge on any atom is -0.309 e. The molecule has 1 aliphatic carbocycles. The average molecular weight is 366 g/mol. The van der Waals surface area contributed by atoms with Crippen molar-refractivity contribution in [3.05, 3.63) is 47.7 Å². The molecule has 0 bridgehead atoms. The molecule has 1 aromatic carbocycles. The number of nitrogens with zero attached hydrogens (tertiary/aromatic N) is 3. The number of aromatic nitrogens is 3. The number of hydrogen-bond donors (Lipinski definition) is 1. The second-order valence-electron chi connectivity index (χ2n) is 6.64. The zero-order valence-electron chi connectivity index (χ0n) is 13.9. The van der Waals surface area contributed by atoms with Crippen LogP contribution in [0.3, 0.4) is 0 Å². The van der Waals surface area contributed by atoms with Gasteiger partial charge in [-0.15, -0.1) is 11.3 Å². The lowest BCUT2D eigenvalue weighted by molar-refractivity contribution is -0.117. The monoisotopic (exact) mass is 366 g/mol. The first-order valence-corrected chi connectivity index (χ1v) is 9.24. The Bertz CT molecular complexity index is 1160. The maximum Gasteiger partial charge on any atom is 0.231 e. The highest BCUT2D eigenvalue weighted by Gasteiger charge is 2.43. The summed E-state index contributed by atoms with van der Waals surface area (Å²) in [6.07, 6.45) is 3.03. The molecule has 0 spiro atoms. The number of imidazole rings is 1. The van der Waals surface area contributed by atoms with Crippen molar-refractivity contribution >= 4 is 38.9 Å². The summed E-state index contributed by atoms with van der Waals surface area (Å²) < 4.78 is 16.1. The Kier molecular flexibility index (Phi) is 3.33. The predicted molar refractivity (Wildman–Crippen MR) is 100 cm³/mol. The zero-order valence-corrected chi connectivity index (χ0v) is 14.8. The van der Waals surface area contributed by atoms with Crippen molar-refractivity contribution < 1.29 is 9.18 Å². The molecule has 1 fully saturated rings. The Balaban J connectivity index is 1.50. The molecule has 5 nitrogen and oxygen atoms in total. The summed E-state index contributed by atoms with van der Waals surface area (Å²) in [7, 11) is 0. The number of amides is 1. The number of pyridine rings is 1. The van der Waals surface area contributed by atoms with Gasteiger partial charge in [-0.1, -0.05) is 0 Å². The first-order chi connectivity index (χ1) is 12.6. The summed E-state index contributed by atoms with van der Waals surface area (Å²) in [5.74, 6) is -0.383. The summed E-state index contributed by atoms with van der Waals surface area (Å²) in [6, 6.07) is 8.16. The smallest absolute Gasteiger partial charge is 0.231 e. The molecule has 7 heteroatoms. The molecule has 1 saturated carbocycles. The van der Waals surface area contributed by atoms with E-state index in [0.717, 1.165) is 22.3 Å². The molecule has 5 rings (SSSR count). The Morgan fingerprint density at radius 1 is 1.35 bits per heavy atom. The van der Waals surface area contributed by atoms with Gasteiger partial charge in [0.2, 0.25) is 5.91 Å². The first-order valence-electron chi connectivity index (χ1n) is 8.36. The van der Waals surface area contributed by atoms with Gasteiger partial charge < -0.3 is 9.72 Å². The van der Waals surface area contributed by atoms with Gasteiger partial charge in [0, 0.05) is 6.20 Å². The quantitative estimate of drug-likeness (QED) is 0.591. The van der Waals surface area contributed by atoms with E-state index in [2.05, 4.69) is 34.3 Å². The molecule has 0 saturated heterocycles. The molecule has 1 amide bonds. The van der Waals surface area contributed by atoms with Crippen LogP contribution in [0.5, 0.6) is 0 Å². The molecule has 3 aromatic heterocycles. The normalized spacial score (nSPS) is 19.2. The van der Waals surface area contributed by atoms with Gasteiger partial charge >= 0.3 is 0 Å². The van der Waals surface area contributed by atoms with Crippen molar-refractivity contribution in [2.24, 2.45) is 5.92 Å². The van der Waals surface area contributed by atoms with Crippen LogP contribution >= 0.6 is 11.3 Å². The lowest BCUT2D eigenvalue weighted by Crippen LogP contribution is -2.15. The molecule has 1 aliphatic rings. The van der Waals surface area contributed by atoms with Crippen molar-refractivity contribution in [1.82, 2.24) is 14.4 Å². The highest BCUT2D eigenvalue weighted by atomic mass is 32.1. The highest BCUT2D eigenvalue weighted by Crippen LogP contribution is 2.35. The lowest BCUT2D eigenvalue weighted by Gasteiger charge is -2.07. The lowest BCUT2D eigenvalue weighted by atomic mass is 10.0. The van der Waals surface area contributed by atoms with Gasteiger partial charge in [0.15, 0.2) is 5.82 Å². The molecular weight excluding hydrogens is 351 g/mol. The third-order valence-electron chi connectivity index (χ3n) is 4.74. The summed E-state index contributed by atoms with van der Waals surface area (Å²) >= 11 is 1.63. The molecule has 2 unspecified atom stereocenters. The number of fused-ring (bicyclic) bond motifs is 2. The summed E-state index contributed by atoms with van der Waals surface area (Å²) in [6.45, 7) is 2.08. The van der Waals surface area contributed by atoms with Crippen LogP contribution in [0, 0.1) is 12.8 Å². The van der Waals surface area contributed by atoms with Gasteiger partial charge in [-0.2, -0.15) is 0 Å². The summed E-state index contributed by atoms with van der Waals surface area (Å²) in [5.41, 5.74) is 6.90. The number of anilines is 1. The van der Waals surface area contributed by atoms with Crippen LogP contribution in [0.15, 0.2) is 42.2 Å². The Hall–Kier alpha value is -2.80. The molecule has 1 N–H and O–H groups in total. The fourth-order valence-electron chi connectivity index (χ4n) is 3.18. The zero-order chi connectivity index (χ0) is 17.8. The van der Waals surface area contributed by atoms with E-state index in [1.54, 1.807) is 17.5 Å². The SMILES string of the molecule is Cc1cc2scnc2cc1-c1ccc2nc(NC(=O)C3CC3F)cn2c1. The second kappa shape index (κ2) is 5.60. The molecule has 26 heavy (non-hydrogen) atoms. The van der Waals surface area contributed by atoms with Crippen LogP contribution in [0.2, 0.25) is 0 Å². The minimum atomic E-state index is -1.01. The van der Waals surface area contributed by atoms with E-state index in [4.69, 9.17) is 0 Å². The van der Waals surface area contributed by atoms with Crippen molar-refractivity contribution in [1.29, 1.82) is 0 Å². The van der Waals surface area contributed by atoms with Crippen molar-refractivity contribution in [2.45, 2.75) is 19.5 Å². The number of carbonyl (C=O) groups excluding carboxylic acids is 1. The first kappa shape index (κ1) is 15.5. The van der Waals surface area contributed by atoms with E-state index < -0.39 is 12.1 Å². The van der Waals surface area contributed by atoms with Gasteiger partial charge in [0.1, 0.15) is 11.8 Å². The molecule has 2 atom stereocenters. The van der Waals surface area contributed by atoms with Crippen LogP contribution in [0.25, 0.3) is 27.0 Å². The average Bonchev–Trinajstić information content (AvgIpc) is 3.02. The van der Waals surface area contributed by atoms with Crippen LogP contribution in [-0.4, -0.2) is 26.4 Å². The molecular formula is C19H15FN4OS. The van der Waals surface area contributed by atoms with Crippen molar-refractivity contribution in [3.8, 4) is 11.1 Å². The van der Waals surface area contributed by atoms with E-state index in [-0.39, 0.29) is 5.91 Å². The van der Waals surface area contributed by atoms with Crippen molar-refractivity contribution in [3.63, 3.8) is 0 Å². The van der Waals surface area contributed by atoms with Gasteiger partial charge in [-0.05, 0) is 54.3 Å². The van der Waals surface area contributed by atoms with Gasteiger partial charge in [0.25, 0.3) is 0 Å². The van der Waals surface area contributed by atoms with E-state index in [1.807, 2.05) is 28.2 Å². The fourth-order valence-corrected chi connectivity index (χ4v) is 3.94. The number of benzene rings is 1. The predicted octanol–water partition coefficient (Wildman–Crippen LogP) is 4.22. The molecule has 0 aliphatic heterocycles.